The summed E-state index contributed by atoms with van der Waals surface area (Å²) in [6.45, 7) is 0. The van der Waals surface area contributed by atoms with Crippen molar-refractivity contribution in [1.82, 2.24) is 4.98 Å². The number of rotatable bonds is 3. The molecule has 0 aliphatic heterocycles. The maximum Gasteiger partial charge on any atom is 0.296 e. The van der Waals surface area contributed by atoms with Gasteiger partial charge in [0.2, 0.25) is 5.56 Å². The molecule has 0 aliphatic rings. The number of H-pyrrole nitrogens is 1. The van der Waals surface area contributed by atoms with Gasteiger partial charge >= 0.3 is 0 Å². The third-order valence-electron chi connectivity index (χ3n) is 2.55. The number of aromatic amines is 1. The zero-order chi connectivity index (χ0) is 15.6. The van der Waals surface area contributed by atoms with Gasteiger partial charge < -0.3 is 10.3 Å². The summed E-state index contributed by atoms with van der Waals surface area (Å²) < 4.78 is 26.7. The predicted molar refractivity (Wildman–Crippen MR) is 68.0 cm³/mol. The van der Waals surface area contributed by atoms with Crippen LogP contribution in [-0.4, -0.2) is 15.8 Å². The number of carbonyl (C=O) groups is 1. The lowest BCUT2D eigenvalue weighted by Crippen LogP contribution is -2.16. The number of aromatic nitrogens is 1. The van der Waals surface area contributed by atoms with E-state index in [2.05, 4.69) is 4.98 Å². The number of amides is 1. The van der Waals surface area contributed by atoms with Gasteiger partial charge in [-0.3, -0.25) is 19.7 Å². The molecule has 1 heterocycles. The first-order chi connectivity index (χ1) is 9.90. The number of carbonyl (C=O) groups excluding carboxylic acids is 1. The summed E-state index contributed by atoms with van der Waals surface area (Å²) in [5.74, 6) is -3.81. The molecule has 0 atom stereocenters. The summed E-state index contributed by atoms with van der Waals surface area (Å²) >= 11 is 0. The number of pyridine rings is 1. The minimum Gasteiger partial charge on any atom is -0.328 e. The molecule has 0 saturated carbocycles. The van der Waals surface area contributed by atoms with Gasteiger partial charge in [-0.15, -0.1) is 0 Å². The SMILES string of the molecule is O=C(Nc1c([N+](=O)[O-])ccc(F)c1F)c1ccc(=O)[nH]c1. The first-order valence-electron chi connectivity index (χ1n) is 5.52. The molecule has 1 aromatic carbocycles. The largest absolute Gasteiger partial charge is 0.328 e. The van der Waals surface area contributed by atoms with E-state index >= 15 is 0 Å². The van der Waals surface area contributed by atoms with Gasteiger partial charge in [0.05, 0.1) is 10.5 Å². The van der Waals surface area contributed by atoms with Crippen molar-refractivity contribution in [3.63, 3.8) is 0 Å². The molecule has 0 fully saturated rings. The molecule has 9 heteroatoms. The minimum absolute atomic E-state index is 0.0763. The van der Waals surface area contributed by atoms with Crippen LogP contribution in [0.2, 0.25) is 0 Å². The fourth-order valence-corrected chi connectivity index (χ4v) is 1.55. The van der Waals surface area contributed by atoms with Gasteiger partial charge in [0.1, 0.15) is 0 Å². The Labute approximate surface area is 115 Å². The van der Waals surface area contributed by atoms with E-state index in [9.17, 15) is 28.5 Å². The Bertz CT molecular complexity index is 768. The number of nitrogens with zero attached hydrogens (tertiary/aromatic N) is 1. The van der Waals surface area contributed by atoms with Gasteiger partial charge in [0.15, 0.2) is 17.3 Å². The average Bonchev–Trinajstić information content (AvgIpc) is 2.44. The molecule has 7 nitrogen and oxygen atoms in total. The monoisotopic (exact) mass is 295 g/mol. The number of hydrogen-bond acceptors (Lipinski definition) is 4. The van der Waals surface area contributed by atoms with E-state index in [1.807, 2.05) is 5.32 Å². The highest BCUT2D eigenvalue weighted by molar-refractivity contribution is 6.05. The Morgan fingerprint density at radius 2 is 1.95 bits per heavy atom. The third kappa shape index (κ3) is 2.91. The summed E-state index contributed by atoms with van der Waals surface area (Å²) in [7, 11) is 0. The zero-order valence-corrected chi connectivity index (χ0v) is 10.2. The Morgan fingerprint density at radius 3 is 2.52 bits per heavy atom. The fourth-order valence-electron chi connectivity index (χ4n) is 1.55. The van der Waals surface area contributed by atoms with Crippen LogP contribution in [0.15, 0.2) is 35.3 Å². The van der Waals surface area contributed by atoms with Crippen molar-refractivity contribution < 1.29 is 18.5 Å². The molecule has 0 saturated heterocycles. The summed E-state index contributed by atoms with van der Waals surface area (Å²) in [5, 5.41) is 12.7. The topological polar surface area (TPSA) is 105 Å². The Hall–Kier alpha value is -3.10. The number of anilines is 1. The van der Waals surface area contributed by atoms with Crippen LogP contribution in [0, 0.1) is 21.7 Å². The van der Waals surface area contributed by atoms with Crippen LogP contribution in [0.5, 0.6) is 0 Å². The second-order valence-corrected chi connectivity index (χ2v) is 3.91. The summed E-state index contributed by atoms with van der Waals surface area (Å²) in [6, 6.07) is 3.51. The van der Waals surface area contributed by atoms with Crippen molar-refractivity contribution in [3.05, 3.63) is 68.1 Å². The Morgan fingerprint density at radius 1 is 1.24 bits per heavy atom. The normalized spacial score (nSPS) is 10.2. The summed E-state index contributed by atoms with van der Waals surface area (Å²) in [6.07, 6.45) is 1.04. The second-order valence-electron chi connectivity index (χ2n) is 3.91. The van der Waals surface area contributed by atoms with Crippen LogP contribution >= 0.6 is 0 Å². The number of benzene rings is 1. The highest BCUT2D eigenvalue weighted by Crippen LogP contribution is 2.29. The first kappa shape index (κ1) is 14.3. The molecule has 2 rings (SSSR count). The van der Waals surface area contributed by atoms with E-state index in [4.69, 9.17) is 0 Å². The minimum atomic E-state index is -1.54. The van der Waals surface area contributed by atoms with Gasteiger partial charge in [0, 0.05) is 18.3 Å². The molecule has 1 amide bonds. The smallest absolute Gasteiger partial charge is 0.296 e. The van der Waals surface area contributed by atoms with Crippen molar-refractivity contribution in [2.45, 2.75) is 0 Å². The van der Waals surface area contributed by atoms with E-state index in [0.29, 0.717) is 6.07 Å². The molecule has 0 spiro atoms. The van der Waals surface area contributed by atoms with Gasteiger partial charge in [-0.05, 0) is 12.1 Å². The van der Waals surface area contributed by atoms with Crippen molar-refractivity contribution in [2.24, 2.45) is 0 Å². The molecule has 2 N–H and O–H groups in total. The van der Waals surface area contributed by atoms with Gasteiger partial charge in [-0.25, -0.2) is 8.78 Å². The van der Waals surface area contributed by atoms with Crippen molar-refractivity contribution >= 4 is 17.3 Å². The Kier molecular flexibility index (Phi) is 3.74. The van der Waals surface area contributed by atoms with Gasteiger partial charge in [-0.1, -0.05) is 0 Å². The quantitative estimate of drug-likeness (QED) is 0.665. The summed E-state index contributed by atoms with van der Waals surface area (Å²) in [5.41, 5.74) is -2.20. The molecule has 108 valence electrons. The molecule has 0 aliphatic carbocycles. The standard InChI is InChI=1S/C12H7F2N3O4/c13-7-2-3-8(17(20)21)11(10(7)14)16-12(19)6-1-4-9(18)15-5-6/h1-5H,(H,15,18)(H,16,19). The lowest BCUT2D eigenvalue weighted by Gasteiger charge is -2.07. The molecule has 0 bridgehead atoms. The maximum absolute atomic E-state index is 13.6. The molecular formula is C12H7F2N3O4. The number of nitrogens with one attached hydrogen (secondary N) is 2. The molecule has 1 aromatic heterocycles. The molecule has 2 aromatic rings. The number of halogens is 2. The van der Waals surface area contributed by atoms with Crippen LogP contribution in [0.3, 0.4) is 0 Å². The van der Waals surface area contributed by atoms with Crippen LogP contribution in [0.25, 0.3) is 0 Å². The molecular weight excluding hydrogens is 288 g/mol. The maximum atomic E-state index is 13.6. The highest BCUT2D eigenvalue weighted by Gasteiger charge is 2.23. The van der Waals surface area contributed by atoms with E-state index in [1.54, 1.807) is 0 Å². The van der Waals surface area contributed by atoms with Crippen LogP contribution in [-0.2, 0) is 0 Å². The number of hydrogen-bond donors (Lipinski definition) is 2. The van der Waals surface area contributed by atoms with E-state index in [0.717, 1.165) is 24.4 Å². The van der Waals surface area contributed by atoms with Crippen LogP contribution in [0.4, 0.5) is 20.2 Å². The number of nitro benzene ring substituents is 1. The van der Waals surface area contributed by atoms with Crippen LogP contribution < -0.4 is 10.9 Å². The molecule has 21 heavy (non-hydrogen) atoms. The lowest BCUT2D eigenvalue weighted by molar-refractivity contribution is -0.384. The zero-order valence-electron chi connectivity index (χ0n) is 10.2. The number of nitro groups is 1. The van der Waals surface area contributed by atoms with Crippen molar-refractivity contribution in [2.75, 3.05) is 5.32 Å². The van der Waals surface area contributed by atoms with Crippen molar-refractivity contribution in [1.29, 1.82) is 0 Å². The van der Waals surface area contributed by atoms with Crippen molar-refractivity contribution in [3.8, 4) is 0 Å². The van der Waals surface area contributed by atoms with E-state index < -0.39 is 39.4 Å². The second kappa shape index (κ2) is 5.49. The summed E-state index contributed by atoms with van der Waals surface area (Å²) in [4.78, 5) is 34.7. The lowest BCUT2D eigenvalue weighted by atomic mass is 10.2. The molecule has 0 unspecified atom stereocenters. The third-order valence-corrected chi connectivity index (χ3v) is 2.55. The first-order valence-corrected chi connectivity index (χ1v) is 5.52. The predicted octanol–water partition coefficient (Wildman–Crippen LogP) is 1.81. The van der Waals surface area contributed by atoms with Gasteiger partial charge in [0.25, 0.3) is 11.6 Å². The van der Waals surface area contributed by atoms with Gasteiger partial charge in [-0.2, -0.15) is 0 Å². The molecule has 0 radical (unpaired) electrons. The average molecular weight is 295 g/mol. The van der Waals surface area contributed by atoms with E-state index in [-0.39, 0.29) is 5.56 Å². The van der Waals surface area contributed by atoms with E-state index in [1.165, 1.54) is 0 Å². The Balaban J connectivity index is 2.41. The highest BCUT2D eigenvalue weighted by atomic mass is 19.2. The fraction of sp³-hybridized carbons (Fsp3) is 0. The van der Waals surface area contributed by atoms with Crippen LogP contribution in [0.1, 0.15) is 10.4 Å².